The Kier molecular flexibility index (Phi) is 4.58. The lowest BCUT2D eigenvalue weighted by Crippen LogP contribution is -2.27. The second-order valence-corrected chi connectivity index (χ2v) is 7.43. The second kappa shape index (κ2) is 6.07. The van der Waals surface area contributed by atoms with Crippen molar-refractivity contribution in [2.75, 3.05) is 18.5 Å². The maximum absolute atomic E-state index is 12.7. The van der Waals surface area contributed by atoms with Gasteiger partial charge in [-0.3, -0.25) is 4.31 Å². The Morgan fingerprint density at radius 2 is 1.71 bits per heavy atom. The molecule has 0 spiro atoms. The number of hydrogen-bond donors (Lipinski definition) is 0. The number of anilines is 1. The van der Waals surface area contributed by atoms with Crippen molar-refractivity contribution < 1.29 is 13.2 Å². The maximum Gasteiger partial charge on any atom is 0.264 e. The summed E-state index contributed by atoms with van der Waals surface area (Å²) in [5.41, 5.74) is 1.29. The molecule has 0 aliphatic carbocycles. The summed E-state index contributed by atoms with van der Waals surface area (Å²) < 4.78 is 32.5. The van der Waals surface area contributed by atoms with E-state index in [1.807, 2.05) is 6.07 Å². The molecular formula is C15H16BrNO3S. The van der Waals surface area contributed by atoms with Crippen LogP contribution in [0.5, 0.6) is 5.75 Å². The summed E-state index contributed by atoms with van der Waals surface area (Å²) in [7, 11) is -0.493. The molecule has 2 aromatic carbocycles. The Labute approximate surface area is 133 Å². The minimum Gasteiger partial charge on any atom is -0.497 e. The molecule has 2 aromatic rings. The maximum atomic E-state index is 12.7. The van der Waals surface area contributed by atoms with Crippen molar-refractivity contribution in [3.63, 3.8) is 0 Å². The van der Waals surface area contributed by atoms with Crippen LogP contribution in [0.1, 0.15) is 5.56 Å². The Balaban J connectivity index is 2.44. The Hall–Kier alpha value is -1.53. The van der Waals surface area contributed by atoms with Gasteiger partial charge in [0.2, 0.25) is 0 Å². The third-order valence-electron chi connectivity index (χ3n) is 3.22. The molecule has 0 saturated heterocycles. The molecule has 0 fully saturated rings. The van der Waals surface area contributed by atoms with Crippen molar-refractivity contribution >= 4 is 31.6 Å². The third kappa shape index (κ3) is 3.22. The molecule has 0 bridgehead atoms. The fourth-order valence-electron chi connectivity index (χ4n) is 1.93. The molecule has 21 heavy (non-hydrogen) atoms. The minimum atomic E-state index is -3.60. The van der Waals surface area contributed by atoms with Gasteiger partial charge in [0.1, 0.15) is 5.75 Å². The van der Waals surface area contributed by atoms with Crippen LogP contribution >= 0.6 is 15.9 Å². The molecule has 0 atom stereocenters. The lowest BCUT2D eigenvalue weighted by Gasteiger charge is -2.21. The van der Waals surface area contributed by atoms with E-state index in [2.05, 4.69) is 15.9 Å². The van der Waals surface area contributed by atoms with E-state index in [4.69, 9.17) is 4.74 Å². The Morgan fingerprint density at radius 3 is 2.29 bits per heavy atom. The molecular weight excluding hydrogens is 354 g/mol. The van der Waals surface area contributed by atoms with E-state index in [0.29, 0.717) is 17.0 Å². The molecule has 0 aliphatic heterocycles. The SMILES string of the molecule is COc1ccc(N(C)S(=O)(=O)c2cc(Br)ccc2C)cc1. The molecule has 4 nitrogen and oxygen atoms in total. The number of nitrogens with zero attached hydrogens (tertiary/aromatic N) is 1. The first-order chi connectivity index (χ1) is 9.86. The highest BCUT2D eigenvalue weighted by atomic mass is 79.9. The number of aryl methyl sites for hydroxylation is 1. The summed E-state index contributed by atoms with van der Waals surface area (Å²) in [6, 6.07) is 12.1. The Morgan fingerprint density at radius 1 is 1.10 bits per heavy atom. The smallest absolute Gasteiger partial charge is 0.264 e. The fraction of sp³-hybridized carbons (Fsp3) is 0.200. The first-order valence-electron chi connectivity index (χ1n) is 6.25. The molecule has 6 heteroatoms. The van der Waals surface area contributed by atoms with Gasteiger partial charge in [0, 0.05) is 11.5 Å². The van der Waals surface area contributed by atoms with Crippen LogP contribution in [-0.4, -0.2) is 22.6 Å². The predicted molar refractivity (Wildman–Crippen MR) is 87.5 cm³/mol. The lowest BCUT2D eigenvalue weighted by atomic mass is 10.2. The van der Waals surface area contributed by atoms with Gasteiger partial charge in [-0.05, 0) is 48.9 Å². The van der Waals surface area contributed by atoms with E-state index in [9.17, 15) is 8.42 Å². The van der Waals surface area contributed by atoms with Crippen molar-refractivity contribution in [1.82, 2.24) is 0 Å². The molecule has 112 valence electrons. The van der Waals surface area contributed by atoms with Crippen LogP contribution < -0.4 is 9.04 Å². The zero-order chi connectivity index (χ0) is 15.6. The van der Waals surface area contributed by atoms with Gasteiger partial charge in [-0.15, -0.1) is 0 Å². The van der Waals surface area contributed by atoms with Crippen molar-refractivity contribution in [2.45, 2.75) is 11.8 Å². The lowest BCUT2D eigenvalue weighted by molar-refractivity contribution is 0.415. The van der Waals surface area contributed by atoms with Gasteiger partial charge in [-0.1, -0.05) is 22.0 Å². The van der Waals surface area contributed by atoms with Crippen LogP contribution in [0.25, 0.3) is 0 Å². The van der Waals surface area contributed by atoms with Crippen LogP contribution in [0, 0.1) is 6.92 Å². The zero-order valence-corrected chi connectivity index (χ0v) is 14.4. The van der Waals surface area contributed by atoms with Gasteiger partial charge in [-0.2, -0.15) is 0 Å². The zero-order valence-electron chi connectivity index (χ0n) is 12.0. The van der Waals surface area contributed by atoms with Gasteiger partial charge in [0.15, 0.2) is 0 Å². The second-order valence-electron chi connectivity index (χ2n) is 4.58. The van der Waals surface area contributed by atoms with Gasteiger partial charge in [0.05, 0.1) is 17.7 Å². The standard InChI is InChI=1S/C15H16BrNO3S/c1-11-4-5-12(16)10-15(11)21(18,19)17(2)13-6-8-14(20-3)9-7-13/h4-10H,1-3H3. The molecule has 0 heterocycles. The van der Waals surface area contributed by atoms with E-state index >= 15 is 0 Å². The normalized spacial score (nSPS) is 11.2. The quantitative estimate of drug-likeness (QED) is 0.826. The van der Waals surface area contributed by atoms with Crippen LogP contribution in [0.15, 0.2) is 51.8 Å². The van der Waals surface area contributed by atoms with Crippen molar-refractivity contribution in [3.05, 3.63) is 52.5 Å². The molecule has 2 rings (SSSR count). The van der Waals surface area contributed by atoms with E-state index in [0.717, 1.165) is 4.47 Å². The van der Waals surface area contributed by atoms with Gasteiger partial charge < -0.3 is 4.74 Å². The predicted octanol–water partition coefficient (Wildman–Crippen LogP) is 3.59. The van der Waals surface area contributed by atoms with E-state index in [1.165, 1.54) is 11.4 Å². The Bertz CT molecular complexity index is 742. The molecule has 0 aliphatic rings. The first kappa shape index (κ1) is 15.9. The van der Waals surface area contributed by atoms with Crippen molar-refractivity contribution in [3.8, 4) is 5.75 Å². The summed E-state index contributed by atoms with van der Waals surface area (Å²) in [5, 5.41) is 0. The molecule has 0 unspecified atom stereocenters. The largest absolute Gasteiger partial charge is 0.497 e. The van der Waals surface area contributed by atoms with Crippen LogP contribution in [0.4, 0.5) is 5.69 Å². The van der Waals surface area contributed by atoms with Crippen molar-refractivity contribution in [1.29, 1.82) is 0 Å². The minimum absolute atomic E-state index is 0.287. The fourth-order valence-corrected chi connectivity index (χ4v) is 3.89. The summed E-state index contributed by atoms with van der Waals surface area (Å²) in [6.07, 6.45) is 0. The summed E-state index contributed by atoms with van der Waals surface area (Å²) in [6.45, 7) is 1.78. The summed E-state index contributed by atoms with van der Waals surface area (Å²) >= 11 is 3.31. The molecule has 0 aromatic heterocycles. The summed E-state index contributed by atoms with van der Waals surface area (Å²) in [5.74, 6) is 0.684. The topological polar surface area (TPSA) is 46.6 Å². The van der Waals surface area contributed by atoms with Crippen molar-refractivity contribution in [2.24, 2.45) is 0 Å². The number of halogens is 1. The number of rotatable bonds is 4. The van der Waals surface area contributed by atoms with Gasteiger partial charge in [0.25, 0.3) is 10.0 Å². The highest BCUT2D eigenvalue weighted by Crippen LogP contribution is 2.27. The van der Waals surface area contributed by atoms with E-state index in [-0.39, 0.29) is 4.90 Å². The van der Waals surface area contributed by atoms with Gasteiger partial charge >= 0.3 is 0 Å². The molecule has 0 radical (unpaired) electrons. The van der Waals surface area contributed by atoms with Crippen LogP contribution in [0.3, 0.4) is 0 Å². The van der Waals surface area contributed by atoms with Gasteiger partial charge in [-0.25, -0.2) is 8.42 Å². The van der Waals surface area contributed by atoms with Crippen LogP contribution in [-0.2, 0) is 10.0 Å². The number of methoxy groups -OCH3 is 1. The summed E-state index contributed by atoms with van der Waals surface area (Å²) in [4.78, 5) is 0.287. The number of ether oxygens (including phenoxy) is 1. The number of benzene rings is 2. The molecule has 0 amide bonds. The monoisotopic (exact) mass is 369 g/mol. The molecule has 0 saturated carbocycles. The van der Waals surface area contributed by atoms with E-state index in [1.54, 1.807) is 50.4 Å². The average molecular weight is 370 g/mol. The number of sulfonamides is 1. The van der Waals surface area contributed by atoms with E-state index < -0.39 is 10.0 Å². The highest BCUT2D eigenvalue weighted by Gasteiger charge is 2.23. The first-order valence-corrected chi connectivity index (χ1v) is 8.48. The number of hydrogen-bond acceptors (Lipinski definition) is 3. The third-order valence-corrected chi connectivity index (χ3v) is 5.65. The van der Waals surface area contributed by atoms with Crippen LogP contribution in [0.2, 0.25) is 0 Å². The highest BCUT2D eigenvalue weighted by molar-refractivity contribution is 9.10. The average Bonchev–Trinajstić information content (AvgIpc) is 2.49. The molecule has 0 N–H and O–H groups in total.